The number of rotatable bonds is 9. The molecule has 1 aromatic carbocycles. The Morgan fingerprint density at radius 1 is 0.917 bits per heavy atom. The highest BCUT2D eigenvalue weighted by Crippen LogP contribution is 2.69. The van der Waals surface area contributed by atoms with Gasteiger partial charge in [-0.15, -0.1) is 11.8 Å². The molecule has 0 amide bonds. The molecule has 0 spiro atoms. The monoisotopic (exact) mass is 508 g/mol. The van der Waals surface area contributed by atoms with Crippen molar-refractivity contribution in [2.75, 3.05) is 5.75 Å². The number of carbonyl (C=O) groups is 1. The van der Waals surface area contributed by atoms with E-state index in [1.165, 1.54) is 67.6 Å². The van der Waals surface area contributed by atoms with Crippen molar-refractivity contribution in [2.45, 2.75) is 115 Å². The predicted molar refractivity (Wildman–Crippen MR) is 151 cm³/mol. The molecule has 3 heteroatoms. The second-order valence-corrected chi connectivity index (χ2v) is 14.5. The third-order valence-corrected chi connectivity index (χ3v) is 12.5. The van der Waals surface area contributed by atoms with Crippen molar-refractivity contribution in [3.8, 4) is 0 Å². The van der Waals surface area contributed by atoms with Crippen LogP contribution in [0.25, 0.3) is 0 Å². The molecular formula is C33H48O2S. The summed E-state index contributed by atoms with van der Waals surface area (Å²) in [5.74, 6) is 4.32. The molecule has 2 nitrogen and oxygen atoms in total. The van der Waals surface area contributed by atoms with Crippen LogP contribution in [0, 0.1) is 34.5 Å². The van der Waals surface area contributed by atoms with E-state index in [0.29, 0.717) is 23.5 Å². The van der Waals surface area contributed by atoms with Crippen LogP contribution in [0.2, 0.25) is 0 Å². The molecule has 3 fully saturated rings. The Labute approximate surface area is 224 Å². The van der Waals surface area contributed by atoms with Crippen LogP contribution >= 0.6 is 11.8 Å². The number of allylic oxidation sites excluding steroid dienone is 1. The Balaban J connectivity index is 1.19. The van der Waals surface area contributed by atoms with Gasteiger partial charge in [0.25, 0.3) is 0 Å². The lowest BCUT2D eigenvalue weighted by Gasteiger charge is -2.61. The normalized spacial score (nSPS) is 39.8. The van der Waals surface area contributed by atoms with Gasteiger partial charge in [-0.25, -0.2) is 0 Å². The molecule has 4 aliphatic rings. The molecule has 5 rings (SSSR count). The zero-order chi connectivity index (χ0) is 25.4. The van der Waals surface area contributed by atoms with Gasteiger partial charge in [0.1, 0.15) is 0 Å². The Bertz CT molecular complexity index is 952. The number of fused-ring (bicyclic) bond motifs is 5. The lowest BCUT2D eigenvalue weighted by molar-refractivity contribution is -0.135. The molecule has 198 valence electrons. The second-order valence-electron chi connectivity index (χ2n) is 13.3. The van der Waals surface area contributed by atoms with Crippen LogP contribution in [0.15, 0.2) is 46.9 Å². The van der Waals surface area contributed by atoms with Gasteiger partial charge in [0, 0.05) is 11.3 Å². The van der Waals surface area contributed by atoms with Gasteiger partial charge in [-0.2, -0.15) is 0 Å². The van der Waals surface area contributed by atoms with E-state index in [2.05, 4.69) is 57.2 Å². The smallest absolute Gasteiger partial charge is 0.155 e. The van der Waals surface area contributed by atoms with Gasteiger partial charge >= 0.3 is 0 Å². The highest BCUT2D eigenvalue weighted by atomic mass is 32.2. The van der Waals surface area contributed by atoms with E-state index in [-0.39, 0.29) is 10.8 Å². The Hall–Kier alpha value is -1.06. The number of carbonyl (C=O) groups excluding carboxylic acids is 1. The molecule has 36 heavy (non-hydrogen) atoms. The number of ketones is 1. The fraction of sp³-hybridized carbons (Fsp3) is 0.727. The number of benzene rings is 1. The van der Waals surface area contributed by atoms with Crippen LogP contribution in [0.1, 0.15) is 104 Å². The summed E-state index contributed by atoms with van der Waals surface area (Å²) in [4.78, 5) is 13.8. The summed E-state index contributed by atoms with van der Waals surface area (Å²) in [6, 6.07) is 10.8. The number of hydrogen-bond donors (Lipinski definition) is 1. The van der Waals surface area contributed by atoms with Gasteiger partial charge in [-0.1, -0.05) is 63.3 Å². The zero-order valence-electron chi connectivity index (χ0n) is 22.9. The molecule has 0 heterocycles. The number of unbranched alkanes of at least 4 members (excludes halogenated alkanes) is 4. The van der Waals surface area contributed by atoms with Gasteiger partial charge in [0.2, 0.25) is 0 Å². The summed E-state index contributed by atoms with van der Waals surface area (Å²) in [6.45, 7) is 7.01. The van der Waals surface area contributed by atoms with E-state index in [0.717, 1.165) is 38.0 Å². The van der Waals surface area contributed by atoms with Crippen molar-refractivity contribution in [3.63, 3.8) is 0 Å². The minimum absolute atomic E-state index is 0.0604. The quantitative estimate of drug-likeness (QED) is 0.268. The van der Waals surface area contributed by atoms with Crippen LogP contribution in [0.4, 0.5) is 0 Å². The van der Waals surface area contributed by atoms with Gasteiger partial charge < -0.3 is 5.11 Å². The summed E-state index contributed by atoms with van der Waals surface area (Å²) in [7, 11) is 0. The zero-order valence-corrected chi connectivity index (χ0v) is 23.8. The minimum Gasteiger partial charge on any atom is -0.390 e. The third kappa shape index (κ3) is 4.89. The van der Waals surface area contributed by atoms with E-state index in [1.54, 1.807) is 0 Å². The Morgan fingerprint density at radius 2 is 1.64 bits per heavy atom. The number of thioether (sulfide) groups is 1. The Kier molecular flexibility index (Phi) is 7.82. The number of aliphatic hydroxyl groups is 1. The number of hydrogen-bond acceptors (Lipinski definition) is 3. The van der Waals surface area contributed by atoms with Gasteiger partial charge in [0.05, 0.1) is 5.60 Å². The highest BCUT2D eigenvalue weighted by molar-refractivity contribution is 7.99. The van der Waals surface area contributed by atoms with Gasteiger partial charge in [-0.3, -0.25) is 4.79 Å². The molecule has 1 aromatic rings. The molecule has 7 atom stereocenters. The molecule has 1 N–H and O–H groups in total. The van der Waals surface area contributed by atoms with E-state index in [4.69, 9.17) is 0 Å². The summed E-state index contributed by atoms with van der Waals surface area (Å²) >= 11 is 1.98. The lowest BCUT2D eigenvalue weighted by atomic mass is 9.44. The first kappa shape index (κ1) is 26.5. The molecule has 0 radical (unpaired) electrons. The van der Waals surface area contributed by atoms with E-state index in [1.807, 2.05) is 11.8 Å². The largest absolute Gasteiger partial charge is 0.390 e. The first-order valence-electron chi connectivity index (χ1n) is 14.9. The second kappa shape index (κ2) is 10.6. The average molecular weight is 509 g/mol. The van der Waals surface area contributed by atoms with Crippen molar-refractivity contribution < 1.29 is 9.90 Å². The van der Waals surface area contributed by atoms with Crippen molar-refractivity contribution in [3.05, 3.63) is 42.0 Å². The first-order chi connectivity index (χ1) is 17.2. The molecule has 0 saturated heterocycles. The summed E-state index contributed by atoms with van der Waals surface area (Å²) in [6.07, 6.45) is 17.4. The maximum absolute atomic E-state index is 12.4. The van der Waals surface area contributed by atoms with Gasteiger partial charge in [-0.05, 0) is 117 Å². The maximum Gasteiger partial charge on any atom is 0.155 e. The maximum atomic E-state index is 12.4. The molecule has 0 aliphatic heterocycles. The summed E-state index contributed by atoms with van der Waals surface area (Å²) in [5.41, 5.74) is 1.23. The standard InChI is InChI=1S/C33H48O2S/c1-31-18-15-26(34)23-25(31)22-24(12-8-5-4-6-11-21-36-27-13-9-7-10-14-27)30-28(31)16-19-32(2)29(30)17-20-33(32,3)35/h7,9-10,13-14,23-24,28-30,35H,4-6,8,11-12,15-22H2,1-3H3/t24-,28?,29?,30?,31+,32+,33+/m1/s1. The molecule has 3 unspecified atom stereocenters. The third-order valence-electron chi connectivity index (χ3n) is 11.4. The van der Waals surface area contributed by atoms with Crippen molar-refractivity contribution in [1.29, 1.82) is 0 Å². The summed E-state index contributed by atoms with van der Waals surface area (Å²) < 4.78 is 0. The minimum atomic E-state index is -0.523. The predicted octanol–water partition coefficient (Wildman–Crippen LogP) is 8.63. The van der Waals surface area contributed by atoms with Crippen LogP contribution in [0.3, 0.4) is 0 Å². The lowest BCUT2D eigenvalue weighted by Crippen LogP contribution is -2.56. The molecule has 0 aromatic heterocycles. The van der Waals surface area contributed by atoms with Gasteiger partial charge in [0.15, 0.2) is 5.78 Å². The molecule has 3 saturated carbocycles. The van der Waals surface area contributed by atoms with Crippen LogP contribution in [0.5, 0.6) is 0 Å². The fourth-order valence-corrected chi connectivity index (χ4v) is 9.92. The molecule has 0 bridgehead atoms. The van der Waals surface area contributed by atoms with E-state index < -0.39 is 5.60 Å². The topological polar surface area (TPSA) is 37.3 Å². The van der Waals surface area contributed by atoms with Crippen LogP contribution in [-0.4, -0.2) is 22.2 Å². The van der Waals surface area contributed by atoms with E-state index in [9.17, 15) is 9.90 Å². The van der Waals surface area contributed by atoms with Crippen LogP contribution in [-0.2, 0) is 4.79 Å². The van der Waals surface area contributed by atoms with Crippen LogP contribution < -0.4 is 0 Å². The summed E-state index contributed by atoms with van der Waals surface area (Å²) in [5, 5.41) is 11.4. The van der Waals surface area contributed by atoms with Crippen molar-refractivity contribution >= 4 is 17.5 Å². The fourth-order valence-electron chi connectivity index (χ4n) is 8.99. The SMILES string of the molecule is C[C@]12CCC(=O)C=C1C[C@@H](CCCCCCCSc1ccccc1)C1C2CC[C@@]2(C)C1CC[C@]2(C)O. The average Bonchev–Trinajstić information content (AvgIpc) is 3.11. The van der Waals surface area contributed by atoms with Crippen molar-refractivity contribution in [1.82, 2.24) is 0 Å². The Morgan fingerprint density at radius 3 is 2.44 bits per heavy atom. The molecular weight excluding hydrogens is 460 g/mol. The highest BCUT2D eigenvalue weighted by Gasteiger charge is 2.64. The van der Waals surface area contributed by atoms with Crippen molar-refractivity contribution in [2.24, 2.45) is 34.5 Å². The molecule has 4 aliphatic carbocycles. The first-order valence-corrected chi connectivity index (χ1v) is 15.9. The van der Waals surface area contributed by atoms with E-state index >= 15 is 0 Å².